The molecule has 9 atom stereocenters. The Morgan fingerprint density at radius 2 is 1.82 bits per heavy atom. The van der Waals surface area contributed by atoms with Gasteiger partial charge < -0.3 is 9.47 Å². The van der Waals surface area contributed by atoms with Gasteiger partial charge in [-0.2, -0.15) is 0 Å². The minimum Gasteiger partial charge on any atom is -0.469 e. The topological polar surface area (TPSA) is 52.6 Å². The second-order valence-corrected chi connectivity index (χ2v) is 12.8. The van der Waals surface area contributed by atoms with Crippen molar-refractivity contribution in [3.05, 3.63) is 11.6 Å². The maximum absolute atomic E-state index is 11.8. The van der Waals surface area contributed by atoms with Crippen molar-refractivity contribution in [2.24, 2.45) is 46.3 Å². The lowest BCUT2D eigenvalue weighted by Crippen LogP contribution is -2.51. The zero-order valence-corrected chi connectivity index (χ0v) is 22.5. The first-order chi connectivity index (χ1) is 16.1. The zero-order chi connectivity index (χ0) is 24.7. The summed E-state index contributed by atoms with van der Waals surface area (Å²) in [6.45, 7) is 11.2. The predicted molar refractivity (Wildman–Crippen MR) is 135 cm³/mol. The lowest BCUT2D eigenvalue weighted by molar-refractivity contribution is -0.149. The fraction of sp³-hybridized carbons (Fsp3) is 0.867. The molecule has 0 aromatic rings. The lowest BCUT2D eigenvalue weighted by Gasteiger charge is -2.58. The Bertz CT molecular complexity index is 802. The molecule has 4 aliphatic rings. The Morgan fingerprint density at radius 1 is 1.06 bits per heavy atom. The van der Waals surface area contributed by atoms with Crippen molar-refractivity contribution in [3.8, 4) is 0 Å². The highest BCUT2D eigenvalue weighted by molar-refractivity contribution is 5.71. The average molecular weight is 473 g/mol. The van der Waals surface area contributed by atoms with E-state index in [0.29, 0.717) is 10.8 Å². The molecular weight excluding hydrogens is 424 g/mol. The highest BCUT2D eigenvalue weighted by atomic mass is 16.5. The molecule has 4 aliphatic carbocycles. The van der Waals surface area contributed by atoms with Crippen LogP contribution in [0.3, 0.4) is 0 Å². The number of hydrogen-bond acceptors (Lipinski definition) is 4. The summed E-state index contributed by atoms with van der Waals surface area (Å²) >= 11 is 0. The van der Waals surface area contributed by atoms with Crippen molar-refractivity contribution in [3.63, 3.8) is 0 Å². The van der Waals surface area contributed by atoms with Gasteiger partial charge in [0.05, 0.1) is 13.0 Å². The highest BCUT2D eigenvalue weighted by Crippen LogP contribution is 2.67. The van der Waals surface area contributed by atoms with Crippen LogP contribution in [-0.2, 0) is 19.1 Å². The van der Waals surface area contributed by atoms with Gasteiger partial charge in [-0.25, -0.2) is 0 Å². The van der Waals surface area contributed by atoms with E-state index in [0.717, 1.165) is 55.3 Å². The first kappa shape index (κ1) is 25.8. The molecule has 0 aliphatic heterocycles. The van der Waals surface area contributed by atoms with E-state index in [1.807, 2.05) is 6.92 Å². The molecule has 0 heterocycles. The number of rotatable bonds is 7. The molecule has 0 saturated heterocycles. The van der Waals surface area contributed by atoms with Gasteiger partial charge in [-0.05, 0) is 91.8 Å². The molecule has 0 N–H and O–H groups in total. The summed E-state index contributed by atoms with van der Waals surface area (Å²) in [6, 6.07) is 0. The number of esters is 2. The minimum atomic E-state index is -0.137. The van der Waals surface area contributed by atoms with E-state index >= 15 is 0 Å². The molecule has 3 saturated carbocycles. The molecule has 0 bridgehead atoms. The largest absolute Gasteiger partial charge is 0.469 e. The fourth-order valence-electron chi connectivity index (χ4n) is 9.20. The van der Waals surface area contributed by atoms with Crippen LogP contribution in [0, 0.1) is 46.3 Å². The molecule has 0 unspecified atom stereocenters. The predicted octanol–water partition coefficient (Wildman–Crippen LogP) is 7.11. The van der Waals surface area contributed by atoms with Gasteiger partial charge in [0.2, 0.25) is 0 Å². The third-order valence-electron chi connectivity index (χ3n) is 11.1. The third-order valence-corrected chi connectivity index (χ3v) is 11.1. The van der Waals surface area contributed by atoms with Gasteiger partial charge in [0.15, 0.2) is 0 Å². The molecule has 4 heteroatoms. The van der Waals surface area contributed by atoms with E-state index in [1.165, 1.54) is 59.0 Å². The van der Waals surface area contributed by atoms with Crippen molar-refractivity contribution in [2.45, 2.75) is 111 Å². The summed E-state index contributed by atoms with van der Waals surface area (Å²) in [5.41, 5.74) is 2.34. The molecule has 4 rings (SSSR count). The van der Waals surface area contributed by atoms with Gasteiger partial charge in [0, 0.05) is 13.3 Å². The smallest absolute Gasteiger partial charge is 0.308 e. The summed E-state index contributed by atoms with van der Waals surface area (Å²) < 4.78 is 10.5. The first-order valence-electron chi connectivity index (χ1n) is 14.0. The van der Waals surface area contributed by atoms with Crippen LogP contribution in [0.25, 0.3) is 0 Å². The van der Waals surface area contributed by atoms with E-state index in [1.54, 1.807) is 5.57 Å². The normalized spacial score (nSPS) is 40.8. The van der Waals surface area contributed by atoms with Crippen LogP contribution in [0.15, 0.2) is 11.6 Å². The Morgan fingerprint density at radius 3 is 2.53 bits per heavy atom. The van der Waals surface area contributed by atoms with Crippen molar-refractivity contribution in [1.82, 2.24) is 0 Å². The monoisotopic (exact) mass is 472 g/mol. The molecule has 3 fully saturated rings. The van der Waals surface area contributed by atoms with E-state index in [-0.39, 0.29) is 24.0 Å². The van der Waals surface area contributed by atoms with Crippen molar-refractivity contribution in [2.75, 3.05) is 7.11 Å². The quantitative estimate of drug-likeness (QED) is 0.292. The Balaban J connectivity index is 1.41. The van der Waals surface area contributed by atoms with Crippen LogP contribution in [0.4, 0.5) is 0 Å². The molecule has 0 radical (unpaired) electrons. The van der Waals surface area contributed by atoms with Crippen LogP contribution < -0.4 is 0 Å². The van der Waals surface area contributed by atoms with E-state index in [2.05, 4.69) is 26.8 Å². The van der Waals surface area contributed by atoms with Gasteiger partial charge in [-0.3, -0.25) is 9.59 Å². The molecule has 0 aromatic heterocycles. The van der Waals surface area contributed by atoms with Gasteiger partial charge in [-0.1, -0.05) is 52.2 Å². The third kappa shape index (κ3) is 4.60. The van der Waals surface area contributed by atoms with Crippen LogP contribution in [0.5, 0.6) is 0 Å². The molecule has 0 amide bonds. The van der Waals surface area contributed by atoms with Crippen LogP contribution in [0.1, 0.15) is 105 Å². The standard InChI is InChI=1S/C30H48O4/c1-19(8-7-9-20(2)28(32)33-6)25-12-13-26-24-11-10-22-18-23(34-21(3)31)14-16-29(22,4)27(24)15-17-30(25,26)5/h10,19-20,23-27H,7-9,11-18H2,1-6H3/t19-,20+,23+,24+,25-,26+,27+,29+,30-/m1/s1. The van der Waals surface area contributed by atoms with Gasteiger partial charge in [0.1, 0.15) is 6.10 Å². The molecule has 0 aromatic carbocycles. The molecule has 34 heavy (non-hydrogen) atoms. The van der Waals surface area contributed by atoms with Gasteiger partial charge >= 0.3 is 11.9 Å². The Labute approximate surface area is 207 Å². The summed E-state index contributed by atoms with van der Waals surface area (Å²) in [5.74, 6) is 3.79. The number of ether oxygens (including phenoxy) is 2. The van der Waals surface area contributed by atoms with E-state index in [9.17, 15) is 9.59 Å². The summed E-state index contributed by atoms with van der Waals surface area (Å²) in [6.07, 6.45) is 15.8. The minimum absolute atomic E-state index is 0.0134. The molecule has 4 nitrogen and oxygen atoms in total. The number of carbonyl (C=O) groups excluding carboxylic acids is 2. The van der Waals surface area contributed by atoms with Crippen LogP contribution in [0.2, 0.25) is 0 Å². The second-order valence-electron chi connectivity index (χ2n) is 12.8. The zero-order valence-electron chi connectivity index (χ0n) is 22.5. The number of methoxy groups -OCH3 is 1. The van der Waals surface area contributed by atoms with Crippen molar-refractivity contribution >= 4 is 11.9 Å². The first-order valence-corrected chi connectivity index (χ1v) is 14.0. The second kappa shape index (κ2) is 9.97. The van der Waals surface area contributed by atoms with Crippen LogP contribution in [-0.4, -0.2) is 25.2 Å². The van der Waals surface area contributed by atoms with Gasteiger partial charge in [-0.15, -0.1) is 0 Å². The Hall–Kier alpha value is -1.32. The highest BCUT2D eigenvalue weighted by Gasteiger charge is 2.59. The van der Waals surface area contributed by atoms with Crippen molar-refractivity contribution < 1.29 is 19.1 Å². The summed E-state index contributed by atoms with van der Waals surface area (Å²) in [5, 5.41) is 0. The average Bonchev–Trinajstić information content (AvgIpc) is 3.15. The number of allylic oxidation sites excluding steroid dienone is 1. The lowest BCUT2D eigenvalue weighted by atomic mass is 9.47. The summed E-state index contributed by atoms with van der Waals surface area (Å²) in [7, 11) is 1.49. The molecule has 0 spiro atoms. The SMILES string of the molecule is COC(=O)[C@@H](C)CCC[C@@H](C)[C@H]1CC[C@H]2[C@@H]3CC=C4C[C@@H](OC(C)=O)CC[C@]4(C)[C@H]3CC[C@]12C. The molecule has 192 valence electrons. The molecular formula is C30H48O4. The summed E-state index contributed by atoms with van der Waals surface area (Å²) in [4.78, 5) is 23.3. The van der Waals surface area contributed by atoms with Crippen LogP contribution >= 0.6 is 0 Å². The maximum Gasteiger partial charge on any atom is 0.308 e. The van der Waals surface area contributed by atoms with Crippen molar-refractivity contribution in [1.29, 1.82) is 0 Å². The van der Waals surface area contributed by atoms with E-state index < -0.39 is 0 Å². The Kier molecular flexibility index (Phi) is 7.56. The number of hydrogen-bond donors (Lipinski definition) is 0. The van der Waals surface area contributed by atoms with Gasteiger partial charge in [0.25, 0.3) is 0 Å². The fourth-order valence-corrected chi connectivity index (χ4v) is 9.20. The number of fused-ring (bicyclic) bond motifs is 5. The number of carbonyl (C=O) groups is 2. The van der Waals surface area contributed by atoms with E-state index in [4.69, 9.17) is 9.47 Å². The maximum atomic E-state index is 11.8.